The number of carbonyl (C=O) groups is 2. The van der Waals surface area contributed by atoms with Crippen molar-refractivity contribution in [1.82, 2.24) is 10.7 Å². The first-order valence-corrected chi connectivity index (χ1v) is 8.53. The lowest BCUT2D eigenvalue weighted by Crippen LogP contribution is -2.35. The Hall–Kier alpha value is -3.35. The van der Waals surface area contributed by atoms with Crippen LogP contribution in [0.3, 0.4) is 0 Å². The summed E-state index contributed by atoms with van der Waals surface area (Å²) in [5.74, 6) is -0.408. The fourth-order valence-corrected chi connectivity index (χ4v) is 2.17. The zero-order chi connectivity index (χ0) is 19.6. The summed E-state index contributed by atoms with van der Waals surface area (Å²) in [4.78, 5) is 22.5. The maximum Gasteiger partial charge on any atom is 0.329 e. The molecular weight excluding hydrogens is 346 g/mol. The lowest BCUT2D eigenvalue weighted by molar-refractivity contribution is -0.138. The van der Waals surface area contributed by atoms with E-state index in [1.54, 1.807) is 18.2 Å². The zero-order valence-corrected chi connectivity index (χ0v) is 15.6. The van der Waals surface area contributed by atoms with Gasteiger partial charge in [0.05, 0.1) is 12.8 Å². The van der Waals surface area contributed by atoms with Crippen LogP contribution < -0.4 is 20.2 Å². The molecule has 0 aliphatic carbocycles. The van der Waals surface area contributed by atoms with Gasteiger partial charge in [-0.05, 0) is 43.2 Å². The first-order chi connectivity index (χ1) is 13.0. The molecule has 0 spiro atoms. The van der Waals surface area contributed by atoms with Gasteiger partial charge in [0, 0.05) is 7.05 Å². The van der Waals surface area contributed by atoms with Crippen LogP contribution >= 0.6 is 0 Å². The highest BCUT2D eigenvalue weighted by molar-refractivity contribution is 6.34. The number of hydrogen-bond acceptors (Lipinski definition) is 5. The molecule has 2 aromatic rings. The van der Waals surface area contributed by atoms with E-state index in [-0.39, 0.29) is 0 Å². The molecule has 0 heterocycles. The van der Waals surface area contributed by atoms with E-state index in [1.807, 2.05) is 38.1 Å². The van der Waals surface area contributed by atoms with Crippen LogP contribution in [-0.4, -0.2) is 31.7 Å². The highest BCUT2D eigenvalue weighted by Crippen LogP contribution is 2.28. The second-order valence-corrected chi connectivity index (χ2v) is 5.69. The number of nitrogens with one attached hydrogen (secondary N) is 2. The second kappa shape index (κ2) is 9.96. The molecule has 7 nitrogen and oxygen atoms in total. The number of likely N-dealkylation sites (N-methyl/N-ethyl adjacent to an activating group) is 1. The molecule has 142 valence electrons. The Morgan fingerprint density at radius 3 is 2.44 bits per heavy atom. The molecule has 0 unspecified atom stereocenters. The SMILES string of the molecule is CCOc1cc(/C=N\NC(=O)C(=O)NC)ccc1OCc1ccc(C)cc1. The molecule has 0 saturated carbocycles. The highest BCUT2D eigenvalue weighted by Gasteiger charge is 2.09. The van der Waals surface area contributed by atoms with E-state index in [1.165, 1.54) is 18.8 Å². The maximum atomic E-state index is 11.3. The molecule has 0 aliphatic rings. The van der Waals surface area contributed by atoms with Crippen molar-refractivity contribution in [2.45, 2.75) is 20.5 Å². The van der Waals surface area contributed by atoms with E-state index in [0.29, 0.717) is 30.3 Å². The van der Waals surface area contributed by atoms with Crippen LogP contribution in [0.1, 0.15) is 23.6 Å². The summed E-state index contributed by atoms with van der Waals surface area (Å²) >= 11 is 0. The number of nitrogens with zero attached hydrogens (tertiary/aromatic N) is 1. The third kappa shape index (κ3) is 6.14. The van der Waals surface area contributed by atoms with Gasteiger partial charge in [-0.1, -0.05) is 29.8 Å². The van der Waals surface area contributed by atoms with Crippen LogP contribution in [0.2, 0.25) is 0 Å². The lowest BCUT2D eigenvalue weighted by Gasteiger charge is -2.12. The number of amides is 2. The average Bonchev–Trinajstić information content (AvgIpc) is 2.68. The van der Waals surface area contributed by atoms with Gasteiger partial charge in [-0.2, -0.15) is 5.10 Å². The summed E-state index contributed by atoms with van der Waals surface area (Å²) in [7, 11) is 1.37. The minimum Gasteiger partial charge on any atom is -0.490 e. The Bertz CT molecular complexity index is 816. The Morgan fingerprint density at radius 1 is 1.04 bits per heavy atom. The predicted octanol–water partition coefficient (Wildman–Crippen LogP) is 2.17. The van der Waals surface area contributed by atoms with E-state index in [2.05, 4.69) is 15.8 Å². The molecule has 2 rings (SSSR count). The van der Waals surface area contributed by atoms with E-state index < -0.39 is 11.8 Å². The minimum absolute atomic E-state index is 0.427. The molecule has 0 aliphatic heterocycles. The summed E-state index contributed by atoms with van der Waals surface area (Å²) in [5, 5.41) is 5.98. The molecule has 2 aromatic carbocycles. The topological polar surface area (TPSA) is 89.0 Å². The van der Waals surface area contributed by atoms with Crippen LogP contribution in [0.5, 0.6) is 11.5 Å². The first-order valence-electron chi connectivity index (χ1n) is 8.53. The number of aryl methyl sites for hydroxylation is 1. The normalized spacial score (nSPS) is 10.5. The Kier molecular flexibility index (Phi) is 7.37. The Balaban J connectivity index is 2.05. The molecule has 27 heavy (non-hydrogen) atoms. The third-order valence-electron chi connectivity index (χ3n) is 3.60. The molecule has 0 aromatic heterocycles. The van der Waals surface area contributed by atoms with Gasteiger partial charge in [-0.15, -0.1) is 0 Å². The van der Waals surface area contributed by atoms with Gasteiger partial charge >= 0.3 is 11.8 Å². The highest BCUT2D eigenvalue weighted by atomic mass is 16.5. The van der Waals surface area contributed by atoms with Crippen molar-refractivity contribution < 1.29 is 19.1 Å². The van der Waals surface area contributed by atoms with Crippen molar-refractivity contribution in [3.8, 4) is 11.5 Å². The predicted molar refractivity (Wildman–Crippen MR) is 103 cm³/mol. The van der Waals surface area contributed by atoms with E-state index >= 15 is 0 Å². The molecule has 0 atom stereocenters. The third-order valence-corrected chi connectivity index (χ3v) is 3.60. The quantitative estimate of drug-likeness (QED) is 0.445. The van der Waals surface area contributed by atoms with Crippen molar-refractivity contribution in [2.75, 3.05) is 13.7 Å². The van der Waals surface area contributed by atoms with Crippen LogP contribution in [0.4, 0.5) is 0 Å². The molecule has 0 bridgehead atoms. The van der Waals surface area contributed by atoms with Crippen LogP contribution in [0, 0.1) is 6.92 Å². The summed E-state index contributed by atoms with van der Waals surface area (Å²) in [6.07, 6.45) is 1.42. The average molecular weight is 369 g/mol. The standard InChI is InChI=1S/C20H23N3O4/c1-4-26-18-11-16(12-22-23-20(25)19(24)21-3)9-10-17(18)27-13-15-7-5-14(2)6-8-15/h5-12H,4,13H2,1-3H3,(H,21,24)(H,23,25)/b22-12-. The van der Waals surface area contributed by atoms with Crippen molar-refractivity contribution in [2.24, 2.45) is 5.10 Å². The van der Waals surface area contributed by atoms with Gasteiger partial charge in [0.2, 0.25) is 0 Å². The number of carbonyl (C=O) groups excluding carboxylic acids is 2. The summed E-state index contributed by atoms with van der Waals surface area (Å²) in [5.41, 5.74) is 5.09. The Morgan fingerprint density at radius 2 is 1.78 bits per heavy atom. The van der Waals surface area contributed by atoms with Crippen molar-refractivity contribution in [1.29, 1.82) is 0 Å². The fraction of sp³-hybridized carbons (Fsp3) is 0.250. The number of hydrazone groups is 1. The number of benzene rings is 2. The van der Waals surface area contributed by atoms with Crippen molar-refractivity contribution >= 4 is 18.0 Å². The minimum atomic E-state index is -0.836. The molecule has 0 saturated heterocycles. The molecule has 0 fully saturated rings. The first kappa shape index (κ1) is 20.0. The van der Waals surface area contributed by atoms with E-state index in [0.717, 1.165) is 5.56 Å². The largest absolute Gasteiger partial charge is 0.490 e. The van der Waals surface area contributed by atoms with Crippen molar-refractivity contribution in [3.05, 3.63) is 59.2 Å². The summed E-state index contributed by atoms with van der Waals surface area (Å²) < 4.78 is 11.5. The van der Waals surface area contributed by atoms with Gasteiger partial charge < -0.3 is 14.8 Å². The number of hydrogen-bond donors (Lipinski definition) is 2. The molecular formula is C20H23N3O4. The lowest BCUT2D eigenvalue weighted by atomic mass is 10.2. The van der Waals surface area contributed by atoms with Gasteiger partial charge in [0.25, 0.3) is 0 Å². The number of ether oxygens (including phenoxy) is 2. The Labute approximate surface area is 158 Å². The molecule has 0 radical (unpaired) electrons. The summed E-state index contributed by atoms with van der Waals surface area (Å²) in [6, 6.07) is 13.4. The van der Waals surface area contributed by atoms with E-state index in [4.69, 9.17) is 9.47 Å². The molecule has 2 N–H and O–H groups in total. The monoisotopic (exact) mass is 369 g/mol. The van der Waals surface area contributed by atoms with E-state index in [9.17, 15) is 9.59 Å². The van der Waals surface area contributed by atoms with Gasteiger partial charge in [-0.3, -0.25) is 9.59 Å². The van der Waals surface area contributed by atoms with Gasteiger partial charge in [-0.25, -0.2) is 5.43 Å². The smallest absolute Gasteiger partial charge is 0.329 e. The summed E-state index contributed by atoms with van der Waals surface area (Å²) in [6.45, 7) is 4.83. The molecule has 7 heteroatoms. The fourth-order valence-electron chi connectivity index (χ4n) is 2.17. The van der Waals surface area contributed by atoms with Crippen LogP contribution in [-0.2, 0) is 16.2 Å². The maximum absolute atomic E-state index is 11.3. The van der Waals surface area contributed by atoms with Crippen molar-refractivity contribution in [3.63, 3.8) is 0 Å². The van der Waals surface area contributed by atoms with Gasteiger partial charge in [0.1, 0.15) is 6.61 Å². The van der Waals surface area contributed by atoms with Crippen LogP contribution in [0.25, 0.3) is 0 Å². The molecule has 2 amide bonds. The second-order valence-electron chi connectivity index (χ2n) is 5.69. The van der Waals surface area contributed by atoms with Crippen LogP contribution in [0.15, 0.2) is 47.6 Å². The number of rotatable bonds is 7. The van der Waals surface area contributed by atoms with Gasteiger partial charge in [0.15, 0.2) is 11.5 Å². The zero-order valence-electron chi connectivity index (χ0n) is 15.6.